The molecule has 2 aliphatic rings. The van der Waals surface area contributed by atoms with E-state index in [1.165, 1.54) is 19.3 Å². The molecule has 0 fully saturated rings. The number of benzene rings is 5. The van der Waals surface area contributed by atoms with Crippen LogP contribution in [0.4, 0.5) is 0 Å². The minimum atomic E-state index is -0.437. The molecule has 1 aliphatic heterocycles. The molecule has 4 aromatic carbocycles. The molecule has 46 heavy (non-hydrogen) atoms. The molecule has 1 heterocycles. The second-order valence-electron chi connectivity index (χ2n) is 11.1. The normalized spacial score (nSPS) is 11.4. The molecule has 0 aromatic heterocycles. The fourth-order valence-electron chi connectivity index (χ4n) is 5.77. The minimum Gasteiger partial charge on any atom is -0.871 e. The number of carbonyl (C=O) groups excluding carboxylic acids is 1. The van der Waals surface area contributed by atoms with E-state index in [4.69, 9.17) is 9.15 Å². The third-order valence-corrected chi connectivity index (χ3v) is 10.7. The van der Waals surface area contributed by atoms with E-state index < -0.39 is 5.97 Å². The summed E-state index contributed by atoms with van der Waals surface area (Å²) in [6.07, 6.45) is 6.47. The molecule has 0 bridgehead atoms. The largest absolute Gasteiger partial charge is 1.00 e. The molecule has 0 radical (unpaired) electrons. The molecule has 0 atom stereocenters. The first-order valence-corrected chi connectivity index (χ1v) is 17.9. The molecular formula is C36H27Br4KO5. The molecule has 4 aromatic rings. The van der Waals surface area contributed by atoms with Crippen LogP contribution in [0.5, 0.6) is 5.75 Å². The number of hydrogen-bond acceptors (Lipinski definition) is 5. The SMILES string of the molecule is CCCCCCCCOC(=O)c1cc2cc3ccccc3cc2cc1-c1c2cc(Br)c(=O)c(Br)c-2oc2c(Br)c([O-])c(Br)cc12.[K+]. The molecule has 0 amide bonds. The smallest absolute Gasteiger partial charge is 0.871 e. The molecule has 0 N–H and O–H groups in total. The maximum atomic E-state index is 13.9. The van der Waals surface area contributed by atoms with Gasteiger partial charge in [0, 0.05) is 21.0 Å². The third-order valence-electron chi connectivity index (χ3n) is 8.07. The van der Waals surface area contributed by atoms with Crippen LogP contribution in [0.2, 0.25) is 0 Å². The van der Waals surface area contributed by atoms with Gasteiger partial charge in [-0.2, -0.15) is 0 Å². The van der Waals surface area contributed by atoms with Gasteiger partial charge in [-0.05, 0) is 118 Å². The van der Waals surface area contributed by atoms with E-state index in [0.29, 0.717) is 43.2 Å². The van der Waals surface area contributed by atoms with E-state index in [1.54, 1.807) is 12.1 Å². The van der Waals surface area contributed by atoms with Crippen molar-refractivity contribution in [2.75, 3.05) is 6.61 Å². The Kier molecular flexibility index (Phi) is 12.3. The molecule has 0 spiro atoms. The summed E-state index contributed by atoms with van der Waals surface area (Å²) in [6, 6.07) is 19.5. The Morgan fingerprint density at radius 2 is 1.43 bits per heavy atom. The maximum Gasteiger partial charge on any atom is 1.00 e. The Hall–Kier alpha value is -1.08. The van der Waals surface area contributed by atoms with Gasteiger partial charge < -0.3 is 14.3 Å². The van der Waals surface area contributed by atoms with Crippen molar-refractivity contribution >= 4 is 102 Å². The van der Waals surface area contributed by atoms with Crippen LogP contribution in [0.1, 0.15) is 55.8 Å². The van der Waals surface area contributed by atoms with Gasteiger partial charge in [0.05, 0.1) is 21.1 Å². The fourth-order valence-corrected chi connectivity index (χ4v) is 8.17. The van der Waals surface area contributed by atoms with Gasteiger partial charge in [0.25, 0.3) is 0 Å². The van der Waals surface area contributed by atoms with Crippen molar-refractivity contribution in [2.45, 2.75) is 45.4 Å². The van der Waals surface area contributed by atoms with Crippen LogP contribution in [0.25, 0.3) is 55.0 Å². The first kappa shape index (κ1) is 36.2. The number of rotatable bonds is 9. The van der Waals surface area contributed by atoms with Gasteiger partial charge >= 0.3 is 57.4 Å². The zero-order valence-electron chi connectivity index (χ0n) is 25.3. The molecular weight excluding hydrogens is 871 g/mol. The number of fused-ring (bicyclic) bond motifs is 4. The van der Waals surface area contributed by atoms with Gasteiger partial charge in [-0.3, -0.25) is 4.79 Å². The zero-order valence-corrected chi connectivity index (χ0v) is 34.7. The van der Waals surface area contributed by atoms with Crippen LogP contribution < -0.4 is 61.9 Å². The number of esters is 1. The minimum absolute atomic E-state index is 0. The van der Waals surface area contributed by atoms with Crippen molar-refractivity contribution < 1.29 is 70.4 Å². The van der Waals surface area contributed by atoms with E-state index in [0.717, 1.165) is 40.8 Å². The van der Waals surface area contributed by atoms with E-state index in [2.05, 4.69) is 88.8 Å². The molecule has 5 nitrogen and oxygen atoms in total. The predicted octanol–water partition coefficient (Wildman–Crippen LogP) is 8.52. The van der Waals surface area contributed by atoms with E-state index >= 15 is 0 Å². The average Bonchev–Trinajstić information content (AvgIpc) is 3.03. The Morgan fingerprint density at radius 3 is 2.13 bits per heavy atom. The summed E-state index contributed by atoms with van der Waals surface area (Å²) in [5.74, 6) is -0.471. The number of carbonyl (C=O) groups is 1. The first-order chi connectivity index (χ1) is 21.7. The maximum absolute atomic E-state index is 13.9. The van der Waals surface area contributed by atoms with Crippen LogP contribution in [0.3, 0.4) is 0 Å². The Labute approximate surface area is 342 Å². The Morgan fingerprint density at radius 1 is 0.783 bits per heavy atom. The summed E-state index contributed by atoms with van der Waals surface area (Å²) in [7, 11) is 0. The monoisotopic (exact) mass is 894 g/mol. The van der Waals surface area contributed by atoms with E-state index in [9.17, 15) is 14.7 Å². The van der Waals surface area contributed by atoms with Crippen molar-refractivity contribution in [3.63, 3.8) is 0 Å². The van der Waals surface area contributed by atoms with Gasteiger partial charge in [0.1, 0.15) is 10.1 Å². The van der Waals surface area contributed by atoms with Crippen molar-refractivity contribution in [2.24, 2.45) is 0 Å². The summed E-state index contributed by atoms with van der Waals surface area (Å²) in [5.41, 5.74) is 2.17. The first-order valence-electron chi connectivity index (χ1n) is 14.8. The third kappa shape index (κ3) is 7.12. The number of unbranched alkanes of at least 4 members (excludes halogenated alkanes) is 5. The number of ether oxygens (including phenoxy) is 1. The van der Waals surface area contributed by atoms with Gasteiger partial charge in [-0.1, -0.05) is 85.0 Å². The molecule has 10 heteroatoms. The molecule has 0 saturated carbocycles. The van der Waals surface area contributed by atoms with Crippen LogP contribution >= 0.6 is 63.7 Å². The van der Waals surface area contributed by atoms with E-state index in [-0.39, 0.29) is 82.9 Å². The van der Waals surface area contributed by atoms with Crippen molar-refractivity contribution in [1.29, 1.82) is 0 Å². The second kappa shape index (κ2) is 15.6. The fraction of sp³-hybridized carbons (Fsp3) is 0.222. The summed E-state index contributed by atoms with van der Waals surface area (Å²) in [5, 5.41) is 17.5. The molecule has 1 aliphatic carbocycles. The Balaban J connectivity index is 0.00000417. The zero-order chi connectivity index (χ0) is 31.8. The van der Waals surface area contributed by atoms with Crippen LogP contribution in [-0.4, -0.2) is 12.6 Å². The average molecular weight is 898 g/mol. The van der Waals surface area contributed by atoms with Crippen LogP contribution in [-0.2, 0) is 4.74 Å². The van der Waals surface area contributed by atoms with Crippen molar-refractivity contribution in [3.05, 3.63) is 94.3 Å². The quantitative estimate of drug-likeness (QED) is 0.0630. The number of hydrogen-bond donors (Lipinski definition) is 0. The molecule has 6 rings (SSSR count). The standard InChI is InChI=1S/C36H28Br4O5.K/c1-2-3-4-5-6-9-12-44-36(43)24-16-22-14-20-11-8-7-10-19(20)13-21(22)15-23(24)29-25-17-27(37)32(41)30(39)34(25)45-35-26(29)18-28(38)33(42)31(35)40;/h7-8,10-11,13-18,41H,2-6,9,12H2,1H3;/q;+1/p-1. The van der Waals surface area contributed by atoms with Gasteiger partial charge in [-0.25, -0.2) is 4.79 Å². The second-order valence-corrected chi connectivity index (χ2v) is 14.4. The summed E-state index contributed by atoms with van der Waals surface area (Å²) >= 11 is 13.7. The summed E-state index contributed by atoms with van der Waals surface area (Å²) in [6.45, 7) is 2.51. The molecule has 230 valence electrons. The van der Waals surface area contributed by atoms with E-state index in [1.807, 2.05) is 30.3 Å². The summed E-state index contributed by atoms with van der Waals surface area (Å²) in [4.78, 5) is 26.9. The predicted molar refractivity (Wildman–Crippen MR) is 193 cm³/mol. The number of halogens is 4. The molecule has 0 saturated heterocycles. The van der Waals surface area contributed by atoms with Crippen LogP contribution in [0.15, 0.2) is 87.8 Å². The van der Waals surface area contributed by atoms with Crippen molar-refractivity contribution in [1.82, 2.24) is 0 Å². The summed E-state index contributed by atoms with van der Waals surface area (Å²) < 4.78 is 13.2. The van der Waals surface area contributed by atoms with Crippen LogP contribution in [0, 0.1) is 0 Å². The van der Waals surface area contributed by atoms with Crippen molar-refractivity contribution in [3.8, 4) is 28.2 Å². The van der Waals surface area contributed by atoms with Gasteiger partial charge in [-0.15, -0.1) is 0 Å². The molecule has 0 unspecified atom stereocenters. The Bertz CT molecular complexity index is 2140. The topological polar surface area (TPSA) is 79.6 Å². The van der Waals surface area contributed by atoms with Gasteiger partial charge in [0.15, 0.2) is 5.76 Å². The van der Waals surface area contributed by atoms with Gasteiger partial charge in [0.2, 0.25) is 5.43 Å².